The molecule has 2 N–H and O–H groups in total. The van der Waals surface area contributed by atoms with E-state index in [9.17, 15) is 4.79 Å². The molecule has 1 saturated carbocycles. The second-order valence-corrected chi connectivity index (χ2v) is 6.66. The number of nitrogens with one attached hydrogen (secondary N) is 2. The molecule has 2 aliphatic rings. The van der Waals surface area contributed by atoms with Gasteiger partial charge < -0.3 is 10.6 Å². The third-order valence-electron chi connectivity index (χ3n) is 5.17. The first-order valence-corrected chi connectivity index (χ1v) is 7.54. The molecular formula is C15H28N2O. The minimum Gasteiger partial charge on any atom is -0.355 e. The molecule has 1 heterocycles. The third kappa shape index (κ3) is 2.56. The summed E-state index contributed by atoms with van der Waals surface area (Å²) in [6, 6.07) is 0. The molecule has 2 fully saturated rings. The van der Waals surface area contributed by atoms with Crippen molar-refractivity contribution in [1.29, 1.82) is 0 Å². The first-order chi connectivity index (χ1) is 8.55. The average Bonchev–Trinajstić information content (AvgIpc) is 3.00. The number of carbonyl (C=O) groups excluding carboxylic acids is 1. The van der Waals surface area contributed by atoms with Crippen LogP contribution in [0.5, 0.6) is 0 Å². The summed E-state index contributed by atoms with van der Waals surface area (Å²) in [5.41, 5.74) is 0.289. The smallest absolute Gasteiger partial charge is 0.227 e. The molecule has 1 unspecified atom stereocenters. The van der Waals surface area contributed by atoms with Crippen LogP contribution in [0.15, 0.2) is 0 Å². The van der Waals surface area contributed by atoms with Crippen LogP contribution >= 0.6 is 0 Å². The molecule has 0 bridgehead atoms. The largest absolute Gasteiger partial charge is 0.355 e. The molecule has 0 aromatic rings. The van der Waals surface area contributed by atoms with Crippen molar-refractivity contribution >= 4 is 5.91 Å². The van der Waals surface area contributed by atoms with Crippen molar-refractivity contribution in [3.63, 3.8) is 0 Å². The van der Waals surface area contributed by atoms with Crippen LogP contribution in [-0.2, 0) is 4.79 Å². The molecule has 1 saturated heterocycles. The topological polar surface area (TPSA) is 41.1 Å². The number of amides is 1. The van der Waals surface area contributed by atoms with Crippen LogP contribution in [0.2, 0.25) is 0 Å². The second kappa shape index (κ2) is 5.20. The van der Waals surface area contributed by atoms with Crippen LogP contribution in [0.1, 0.15) is 52.9 Å². The normalized spacial score (nSPS) is 29.6. The molecule has 1 aliphatic heterocycles. The highest BCUT2D eigenvalue weighted by molar-refractivity contribution is 5.83. The molecule has 2 rings (SSSR count). The van der Waals surface area contributed by atoms with Gasteiger partial charge in [0.2, 0.25) is 5.91 Å². The predicted molar refractivity (Wildman–Crippen MR) is 74.3 cm³/mol. The van der Waals surface area contributed by atoms with E-state index in [0.29, 0.717) is 17.2 Å². The second-order valence-electron chi connectivity index (χ2n) is 6.66. The van der Waals surface area contributed by atoms with E-state index in [1.807, 2.05) is 0 Å². The van der Waals surface area contributed by atoms with E-state index in [1.54, 1.807) is 0 Å². The number of rotatable bonds is 6. The summed E-state index contributed by atoms with van der Waals surface area (Å²) in [5.74, 6) is 0.975. The summed E-state index contributed by atoms with van der Waals surface area (Å²) in [7, 11) is 0. The van der Waals surface area contributed by atoms with Gasteiger partial charge in [0.05, 0.1) is 5.41 Å². The SMILES string of the molecule is CCCC1(C(=O)NCC2(C(C)C)CC2)CCNC1. The Morgan fingerprint density at radius 2 is 2.06 bits per heavy atom. The molecule has 1 amide bonds. The maximum atomic E-state index is 12.5. The Balaban J connectivity index is 1.90. The highest BCUT2D eigenvalue weighted by Crippen LogP contribution is 2.51. The van der Waals surface area contributed by atoms with Crippen molar-refractivity contribution in [2.45, 2.75) is 52.9 Å². The summed E-state index contributed by atoms with van der Waals surface area (Å²) in [6.07, 6.45) is 5.67. The maximum absolute atomic E-state index is 12.5. The van der Waals surface area contributed by atoms with Crippen LogP contribution in [0.4, 0.5) is 0 Å². The van der Waals surface area contributed by atoms with Gasteiger partial charge in [0, 0.05) is 13.1 Å². The van der Waals surface area contributed by atoms with Crippen molar-refractivity contribution in [2.75, 3.05) is 19.6 Å². The summed E-state index contributed by atoms with van der Waals surface area (Å²) in [6.45, 7) is 9.46. The Kier molecular flexibility index (Phi) is 4.00. The van der Waals surface area contributed by atoms with Gasteiger partial charge in [0.15, 0.2) is 0 Å². The molecule has 104 valence electrons. The van der Waals surface area contributed by atoms with Crippen molar-refractivity contribution in [3.8, 4) is 0 Å². The van der Waals surface area contributed by atoms with Crippen molar-refractivity contribution in [1.82, 2.24) is 10.6 Å². The van der Waals surface area contributed by atoms with Crippen LogP contribution in [0.25, 0.3) is 0 Å². The summed E-state index contributed by atoms with van der Waals surface area (Å²) in [5, 5.41) is 6.61. The van der Waals surface area contributed by atoms with Gasteiger partial charge >= 0.3 is 0 Å². The number of hydrogen-bond acceptors (Lipinski definition) is 2. The maximum Gasteiger partial charge on any atom is 0.227 e. The average molecular weight is 252 g/mol. The molecule has 1 aliphatic carbocycles. The molecule has 0 aromatic heterocycles. The minimum absolute atomic E-state index is 0.123. The van der Waals surface area contributed by atoms with Crippen molar-refractivity contribution in [3.05, 3.63) is 0 Å². The lowest BCUT2D eigenvalue weighted by Crippen LogP contribution is -2.45. The van der Waals surface area contributed by atoms with Crippen LogP contribution in [-0.4, -0.2) is 25.5 Å². The van der Waals surface area contributed by atoms with E-state index in [4.69, 9.17) is 0 Å². The first-order valence-electron chi connectivity index (χ1n) is 7.54. The zero-order chi connectivity index (χ0) is 13.2. The predicted octanol–water partition coefficient (Wildman–Crippen LogP) is 2.32. The van der Waals surface area contributed by atoms with Gasteiger partial charge in [0.25, 0.3) is 0 Å². The number of carbonyl (C=O) groups is 1. The van der Waals surface area contributed by atoms with Crippen molar-refractivity contribution < 1.29 is 4.79 Å². The van der Waals surface area contributed by atoms with Gasteiger partial charge in [-0.05, 0) is 43.6 Å². The standard InChI is InChI=1S/C15H28N2O/c1-4-5-15(8-9-16-10-15)13(18)17-11-14(6-7-14)12(2)3/h12,16H,4-11H2,1-3H3,(H,17,18). The molecule has 18 heavy (non-hydrogen) atoms. The van der Waals surface area contributed by atoms with Gasteiger partial charge in [-0.15, -0.1) is 0 Å². The van der Waals surface area contributed by atoms with Crippen LogP contribution in [0.3, 0.4) is 0 Å². The summed E-state index contributed by atoms with van der Waals surface area (Å²) in [4.78, 5) is 12.5. The first kappa shape index (κ1) is 13.9. The molecule has 3 nitrogen and oxygen atoms in total. The highest BCUT2D eigenvalue weighted by atomic mass is 16.2. The van der Waals surface area contributed by atoms with E-state index in [2.05, 4.69) is 31.4 Å². The monoisotopic (exact) mass is 252 g/mol. The lowest BCUT2D eigenvalue weighted by Gasteiger charge is -2.28. The molecule has 0 radical (unpaired) electrons. The molecular weight excluding hydrogens is 224 g/mol. The Hall–Kier alpha value is -0.570. The zero-order valence-corrected chi connectivity index (χ0v) is 12.1. The minimum atomic E-state index is -0.123. The highest BCUT2D eigenvalue weighted by Gasteiger charge is 2.47. The van der Waals surface area contributed by atoms with Crippen molar-refractivity contribution in [2.24, 2.45) is 16.7 Å². The van der Waals surface area contributed by atoms with E-state index in [-0.39, 0.29) is 5.41 Å². The van der Waals surface area contributed by atoms with E-state index < -0.39 is 0 Å². The summed E-state index contributed by atoms with van der Waals surface area (Å²) >= 11 is 0. The lowest BCUT2D eigenvalue weighted by molar-refractivity contribution is -0.130. The molecule has 1 atom stereocenters. The molecule has 0 aromatic carbocycles. The van der Waals surface area contributed by atoms with Crippen LogP contribution in [0, 0.1) is 16.7 Å². The van der Waals surface area contributed by atoms with Crippen LogP contribution < -0.4 is 10.6 Å². The molecule has 3 heteroatoms. The fourth-order valence-electron chi connectivity index (χ4n) is 3.31. The van der Waals surface area contributed by atoms with E-state index in [0.717, 1.165) is 38.9 Å². The van der Waals surface area contributed by atoms with Gasteiger partial charge in [-0.2, -0.15) is 0 Å². The zero-order valence-electron chi connectivity index (χ0n) is 12.1. The quantitative estimate of drug-likeness (QED) is 0.761. The Morgan fingerprint density at radius 3 is 2.50 bits per heavy atom. The summed E-state index contributed by atoms with van der Waals surface area (Å²) < 4.78 is 0. The fraction of sp³-hybridized carbons (Fsp3) is 0.933. The van der Waals surface area contributed by atoms with Gasteiger partial charge in [-0.1, -0.05) is 27.2 Å². The van der Waals surface area contributed by atoms with E-state index in [1.165, 1.54) is 12.8 Å². The van der Waals surface area contributed by atoms with Gasteiger partial charge in [-0.25, -0.2) is 0 Å². The van der Waals surface area contributed by atoms with Gasteiger partial charge in [-0.3, -0.25) is 4.79 Å². The Morgan fingerprint density at radius 1 is 1.33 bits per heavy atom. The Labute approximate surface area is 111 Å². The molecule has 0 spiro atoms. The third-order valence-corrected chi connectivity index (χ3v) is 5.17. The number of hydrogen-bond donors (Lipinski definition) is 2. The lowest BCUT2D eigenvalue weighted by atomic mass is 9.81. The Bertz CT molecular complexity index is 302. The fourth-order valence-corrected chi connectivity index (χ4v) is 3.31. The van der Waals surface area contributed by atoms with E-state index >= 15 is 0 Å². The van der Waals surface area contributed by atoms with Gasteiger partial charge in [0.1, 0.15) is 0 Å².